The molecule has 2 aromatic heterocycles. The van der Waals surface area contributed by atoms with E-state index in [1.54, 1.807) is 0 Å². The number of hydrogen-bond acceptors (Lipinski definition) is 2. The first-order valence-electron chi connectivity index (χ1n) is 23.9. The molecule has 2 heterocycles. The first kappa shape index (κ1) is 39.2. The topological polar surface area (TPSA) is 21.3 Å². The maximum Gasteiger partial charge on any atom is 0.143 e. The fourth-order valence-electron chi connectivity index (χ4n) is 11.4. The molecule has 320 valence electrons. The van der Waals surface area contributed by atoms with Crippen LogP contribution in [0.2, 0.25) is 0 Å². The second kappa shape index (κ2) is 16.4. The number of anilines is 3. The van der Waals surface area contributed by atoms with E-state index in [0.717, 1.165) is 66.9 Å². The molecule has 0 unspecified atom stereocenters. The highest BCUT2D eigenvalue weighted by Gasteiger charge is 2.27. The SMILES string of the molecule is c1ccc(-n2c3ccccc3c3cc(-c4ccccc4N(c4ccccc4-c4cccc5c4oc4ccccc45)c4ccccc4-c4cccc5cccc(C6CCCCC6)c45)ccc32)cc1. The first-order chi connectivity index (χ1) is 33.3. The predicted octanol–water partition coefficient (Wildman–Crippen LogP) is 18.4. The van der Waals surface area contributed by atoms with Crippen molar-refractivity contribution >= 4 is 71.6 Å². The molecular weight excluding hydrogens is 813 g/mol. The van der Waals surface area contributed by atoms with Gasteiger partial charge < -0.3 is 13.9 Å². The van der Waals surface area contributed by atoms with Crippen molar-refractivity contribution in [3.05, 3.63) is 230 Å². The van der Waals surface area contributed by atoms with Crippen molar-refractivity contribution in [2.45, 2.75) is 38.0 Å². The molecule has 0 atom stereocenters. The van der Waals surface area contributed by atoms with Crippen molar-refractivity contribution in [1.29, 1.82) is 0 Å². The van der Waals surface area contributed by atoms with E-state index < -0.39 is 0 Å². The van der Waals surface area contributed by atoms with Crippen LogP contribution in [-0.4, -0.2) is 4.57 Å². The van der Waals surface area contributed by atoms with E-state index in [4.69, 9.17) is 4.42 Å². The maximum absolute atomic E-state index is 6.78. The molecule has 3 heteroatoms. The quantitative estimate of drug-likeness (QED) is 0.152. The van der Waals surface area contributed by atoms with E-state index in [1.165, 1.54) is 81.4 Å². The van der Waals surface area contributed by atoms with Crippen LogP contribution in [0.3, 0.4) is 0 Å². The third kappa shape index (κ3) is 6.56. The summed E-state index contributed by atoms with van der Waals surface area (Å²) in [6, 6.07) is 82.3. The van der Waals surface area contributed by atoms with Crippen molar-refractivity contribution in [3.63, 3.8) is 0 Å². The van der Waals surface area contributed by atoms with Gasteiger partial charge in [0.25, 0.3) is 0 Å². The third-order valence-electron chi connectivity index (χ3n) is 14.4. The monoisotopic (exact) mass is 860 g/mol. The highest BCUT2D eigenvalue weighted by molar-refractivity contribution is 6.13. The van der Waals surface area contributed by atoms with Gasteiger partial charge >= 0.3 is 0 Å². The molecule has 12 aromatic rings. The Bertz CT molecular complexity index is 3810. The van der Waals surface area contributed by atoms with Gasteiger partial charge in [-0.1, -0.05) is 189 Å². The van der Waals surface area contributed by atoms with Gasteiger partial charge in [0.2, 0.25) is 0 Å². The van der Waals surface area contributed by atoms with Crippen molar-refractivity contribution in [3.8, 4) is 39.1 Å². The molecule has 0 spiro atoms. The lowest BCUT2D eigenvalue weighted by Crippen LogP contribution is -2.14. The molecule has 3 nitrogen and oxygen atoms in total. The van der Waals surface area contributed by atoms with E-state index >= 15 is 0 Å². The van der Waals surface area contributed by atoms with E-state index in [1.807, 2.05) is 0 Å². The predicted molar refractivity (Wildman–Crippen MR) is 282 cm³/mol. The zero-order valence-corrected chi connectivity index (χ0v) is 37.3. The minimum Gasteiger partial charge on any atom is -0.455 e. The van der Waals surface area contributed by atoms with Gasteiger partial charge in [-0.15, -0.1) is 0 Å². The molecule has 1 saturated carbocycles. The summed E-state index contributed by atoms with van der Waals surface area (Å²) in [4.78, 5) is 2.53. The average molecular weight is 861 g/mol. The molecule has 0 amide bonds. The Morgan fingerprint density at radius 3 is 1.76 bits per heavy atom. The minimum atomic E-state index is 0.551. The van der Waals surface area contributed by atoms with E-state index in [0.29, 0.717) is 5.92 Å². The maximum atomic E-state index is 6.78. The van der Waals surface area contributed by atoms with Gasteiger partial charge in [-0.05, 0) is 101 Å². The fourth-order valence-corrected chi connectivity index (χ4v) is 11.4. The largest absolute Gasteiger partial charge is 0.455 e. The number of nitrogens with zero attached hydrogens (tertiary/aromatic N) is 2. The lowest BCUT2D eigenvalue weighted by atomic mass is 9.80. The smallest absolute Gasteiger partial charge is 0.143 e. The summed E-state index contributed by atoms with van der Waals surface area (Å²) < 4.78 is 9.17. The standard InChI is InChI=1S/C64H48N2O/c1-3-20-43(21-4-1)48-31-17-22-44-23-18-32-53(63(44)48)49-27-8-14-37-59(49)66(60-38-15-9-28-50(60)54-33-19-34-55-52-30-11-16-39-62(52)67-64(54)55)57-35-12-7-26-47(57)45-40-41-61-56(42-45)51-29-10-13-36-58(51)65(61)46-24-5-2-6-25-46/h2,5-19,22-43H,1,3-4,20-21H2. The minimum absolute atomic E-state index is 0.551. The number of rotatable bonds is 8. The number of fused-ring (bicyclic) bond motifs is 7. The number of benzene rings is 10. The molecule has 1 fully saturated rings. The molecule has 1 aliphatic rings. The Morgan fingerprint density at radius 2 is 0.970 bits per heavy atom. The fraction of sp³-hybridized carbons (Fsp3) is 0.0938. The van der Waals surface area contributed by atoms with Crippen LogP contribution in [0, 0.1) is 0 Å². The van der Waals surface area contributed by atoms with Crippen LogP contribution < -0.4 is 4.90 Å². The van der Waals surface area contributed by atoms with Crippen molar-refractivity contribution in [2.24, 2.45) is 0 Å². The van der Waals surface area contributed by atoms with Gasteiger partial charge in [-0.25, -0.2) is 0 Å². The lowest BCUT2D eigenvalue weighted by molar-refractivity contribution is 0.445. The molecule has 0 N–H and O–H groups in total. The molecule has 10 aromatic carbocycles. The second-order valence-corrected chi connectivity index (χ2v) is 18.2. The molecule has 67 heavy (non-hydrogen) atoms. The van der Waals surface area contributed by atoms with Gasteiger partial charge in [0.1, 0.15) is 11.2 Å². The summed E-state index contributed by atoms with van der Waals surface area (Å²) in [5.41, 5.74) is 17.0. The Morgan fingerprint density at radius 1 is 0.403 bits per heavy atom. The highest BCUT2D eigenvalue weighted by atomic mass is 16.3. The number of aromatic nitrogens is 1. The van der Waals surface area contributed by atoms with Gasteiger partial charge in [-0.2, -0.15) is 0 Å². The van der Waals surface area contributed by atoms with Gasteiger partial charge in [0, 0.05) is 49.5 Å². The van der Waals surface area contributed by atoms with Crippen LogP contribution in [0.5, 0.6) is 0 Å². The molecule has 1 aliphatic carbocycles. The summed E-state index contributed by atoms with van der Waals surface area (Å²) in [5.74, 6) is 0.551. The summed E-state index contributed by atoms with van der Waals surface area (Å²) in [6.07, 6.45) is 6.39. The molecule has 0 bridgehead atoms. The second-order valence-electron chi connectivity index (χ2n) is 18.2. The van der Waals surface area contributed by atoms with Crippen LogP contribution in [0.4, 0.5) is 17.1 Å². The van der Waals surface area contributed by atoms with Gasteiger partial charge in [0.15, 0.2) is 0 Å². The zero-order chi connectivity index (χ0) is 44.3. The summed E-state index contributed by atoms with van der Waals surface area (Å²) >= 11 is 0. The zero-order valence-electron chi connectivity index (χ0n) is 37.3. The average Bonchev–Trinajstić information content (AvgIpc) is 3.95. The van der Waals surface area contributed by atoms with E-state index in [9.17, 15) is 0 Å². The molecule has 0 radical (unpaired) electrons. The summed E-state index contributed by atoms with van der Waals surface area (Å²) in [6.45, 7) is 0. The number of para-hydroxylation sites is 7. The van der Waals surface area contributed by atoms with Crippen LogP contribution in [0.25, 0.3) is 93.6 Å². The van der Waals surface area contributed by atoms with Crippen molar-refractivity contribution in [2.75, 3.05) is 4.90 Å². The molecule has 13 rings (SSSR count). The van der Waals surface area contributed by atoms with Crippen molar-refractivity contribution < 1.29 is 4.42 Å². The van der Waals surface area contributed by atoms with Gasteiger partial charge in [0.05, 0.1) is 28.1 Å². The van der Waals surface area contributed by atoms with Crippen LogP contribution in [0.15, 0.2) is 229 Å². The third-order valence-corrected chi connectivity index (χ3v) is 14.4. The van der Waals surface area contributed by atoms with Crippen molar-refractivity contribution in [1.82, 2.24) is 4.57 Å². The Kier molecular flexibility index (Phi) is 9.60. The molecule has 0 aliphatic heterocycles. The summed E-state index contributed by atoms with van der Waals surface area (Å²) in [5, 5.41) is 7.36. The first-order valence-corrected chi connectivity index (χ1v) is 23.9. The van der Waals surface area contributed by atoms with E-state index in [2.05, 4.69) is 234 Å². The van der Waals surface area contributed by atoms with Crippen LogP contribution in [0.1, 0.15) is 43.6 Å². The normalized spacial score (nSPS) is 13.3. The Labute approximate surface area is 390 Å². The lowest BCUT2D eigenvalue weighted by Gasteiger charge is -2.32. The van der Waals surface area contributed by atoms with Gasteiger partial charge in [-0.3, -0.25) is 0 Å². The molecule has 0 saturated heterocycles. The highest BCUT2D eigenvalue weighted by Crippen LogP contribution is 2.51. The van der Waals surface area contributed by atoms with Crippen LogP contribution in [-0.2, 0) is 0 Å². The van der Waals surface area contributed by atoms with Crippen LogP contribution >= 0.6 is 0 Å². The Balaban J connectivity index is 1.08. The number of furan rings is 1. The summed E-state index contributed by atoms with van der Waals surface area (Å²) in [7, 11) is 0. The number of hydrogen-bond donors (Lipinski definition) is 0. The molecular formula is C64H48N2O. The Hall–Kier alpha value is -8.14. The van der Waals surface area contributed by atoms with E-state index in [-0.39, 0.29) is 0 Å².